The van der Waals surface area contributed by atoms with Crippen molar-refractivity contribution in [3.8, 4) is 5.75 Å². The molecule has 1 heterocycles. The molecule has 111 heavy (non-hydrogen) atoms. The summed E-state index contributed by atoms with van der Waals surface area (Å²) in [5, 5.41) is 68.6. The summed E-state index contributed by atoms with van der Waals surface area (Å²) in [6, 6.07) is -5.94. The predicted molar refractivity (Wildman–Crippen MR) is 413 cm³/mol. The molecule has 0 saturated carbocycles. The highest BCUT2D eigenvalue weighted by Crippen LogP contribution is 2.21. The van der Waals surface area contributed by atoms with Crippen molar-refractivity contribution in [1.82, 2.24) is 63.5 Å². The molecule has 0 aliphatic rings. The van der Waals surface area contributed by atoms with Gasteiger partial charge in [-0.05, 0) is 125 Å². The van der Waals surface area contributed by atoms with Gasteiger partial charge in [0.2, 0.25) is 70.9 Å². The zero-order chi connectivity index (χ0) is 83.4. The number of aliphatic imine (C=N–C) groups is 2. The third kappa shape index (κ3) is 34.3. The van der Waals surface area contributed by atoms with Gasteiger partial charge in [0, 0.05) is 55.2 Å². The second kappa shape index (κ2) is 47.9. The number of nitrogens with zero attached hydrogens (tertiary/aromatic N) is 2. The summed E-state index contributed by atoms with van der Waals surface area (Å²) in [6.07, 6.45) is -2.39. The number of primary amides is 1. The number of hydrogen-bond acceptors (Lipinski definition) is 21. The molecule has 616 valence electrons. The Kier molecular flexibility index (Phi) is 40.7. The minimum absolute atomic E-state index is 0.00323. The number of fused-ring (bicyclic) bond motifs is 1. The van der Waals surface area contributed by atoms with E-state index in [-0.39, 0.29) is 119 Å². The highest BCUT2D eigenvalue weighted by atomic mass is 32.1. The number of aromatic amines is 1. The number of carboxylic acids is 2. The van der Waals surface area contributed by atoms with Gasteiger partial charge < -0.3 is 124 Å². The number of H-pyrrole nitrogens is 1. The van der Waals surface area contributed by atoms with Crippen molar-refractivity contribution in [3.05, 3.63) is 65.9 Å². The third-order valence-corrected chi connectivity index (χ3v) is 17.7. The molecule has 0 saturated heterocycles. The van der Waals surface area contributed by atoms with Crippen LogP contribution in [0.5, 0.6) is 5.75 Å². The van der Waals surface area contributed by atoms with Crippen LogP contribution < -0.4 is 98.6 Å². The molecule has 40 heteroatoms. The van der Waals surface area contributed by atoms with Crippen LogP contribution in [0.25, 0.3) is 10.9 Å². The first-order valence-corrected chi connectivity index (χ1v) is 37.1. The Morgan fingerprint density at radius 2 is 0.883 bits per heavy atom. The summed E-state index contributed by atoms with van der Waals surface area (Å²) >= 11 is 4.16. The summed E-state index contributed by atoms with van der Waals surface area (Å²) in [5.41, 5.74) is 40.8. The number of aliphatic hydroxyl groups is 1. The fraction of sp³-hybridized carbons (Fsp3) is 0.577. The minimum atomic E-state index is -1.76. The number of rotatable bonds is 51. The monoisotopic (exact) mass is 1580 g/mol. The Balaban J connectivity index is 2.14. The van der Waals surface area contributed by atoms with Gasteiger partial charge >= 0.3 is 11.9 Å². The maximum Gasteiger partial charge on any atom is 0.326 e. The lowest BCUT2D eigenvalue weighted by atomic mass is 9.99. The van der Waals surface area contributed by atoms with E-state index in [1.807, 2.05) is 0 Å². The zero-order valence-electron chi connectivity index (χ0n) is 63.5. The number of aliphatic carboxylic acids is 2. The number of nitrogens with two attached hydrogens (primary N) is 7. The van der Waals surface area contributed by atoms with Gasteiger partial charge in [-0.15, -0.1) is 0 Å². The van der Waals surface area contributed by atoms with Crippen LogP contribution in [0.4, 0.5) is 0 Å². The Hall–Kier alpha value is -10.9. The van der Waals surface area contributed by atoms with Crippen LogP contribution in [0, 0.1) is 17.8 Å². The Morgan fingerprint density at radius 1 is 0.477 bits per heavy atom. The molecule has 13 atom stereocenters. The van der Waals surface area contributed by atoms with Gasteiger partial charge in [-0.1, -0.05) is 71.9 Å². The minimum Gasteiger partial charge on any atom is -0.508 e. The van der Waals surface area contributed by atoms with Crippen molar-refractivity contribution >= 4 is 118 Å². The zero-order valence-corrected chi connectivity index (χ0v) is 64.4. The molecule has 30 N–H and O–H groups in total. The van der Waals surface area contributed by atoms with E-state index in [9.17, 15) is 73.2 Å². The summed E-state index contributed by atoms with van der Waals surface area (Å²) in [4.78, 5) is 205. The molecule has 3 aromatic rings. The Labute approximate surface area is 648 Å². The van der Waals surface area contributed by atoms with Crippen LogP contribution in [0.15, 0.2) is 64.7 Å². The highest BCUT2D eigenvalue weighted by molar-refractivity contribution is 7.80. The number of benzene rings is 2. The summed E-state index contributed by atoms with van der Waals surface area (Å²) < 4.78 is 0. The molecule has 0 bridgehead atoms. The van der Waals surface area contributed by atoms with Gasteiger partial charge in [0.1, 0.15) is 78.3 Å². The number of thiol groups is 1. The van der Waals surface area contributed by atoms with Crippen molar-refractivity contribution < 1.29 is 87.5 Å². The number of guanidine groups is 2. The van der Waals surface area contributed by atoms with Crippen molar-refractivity contribution in [3.63, 3.8) is 0 Å². The quantitative estimate of drug-likeness (QED) is 0.0110. The van der Waals surface area contributed by atoms with Gasteiger partial charge in [0.25, 0.3) is 0 Å². The average Bonchev–Trinajstić information content (AvgIpc) is 1.78. The standard InChI is InChI=1S/C71H113N21O18S/c1-35(2)28-48(62(102)83-44(16-10-11-25-72)60(100)90-52(69(109)110)32-54(73)95)86-64(104)50(30-39-19-21-41(94)22-20-39)88-59(99)46(18-13-27-80-71(77)78)82-58(98)45(17-12-26-79-70(75)76)84-63(103)49(29-36(3)4)87-65(105)51(31-40-33-81-43-15-9-8-14-42(40)43)89-61(101)47(23-24-55(96)97)85-68(108)57(37(5)6)92-66(106)53(34-111)91-67(107)56(74)38(7)93/h8-9,14-15,19-22,33,35-38,44-53,56-57,81,93-94,111H,10-13,16-18,23-32,34,72,74H2,1-7H3,(H2,73,95)(H,82,98)(H,83,102)(H,84,103)(H,85,108)(H,86,104)(H,87,105)(H,88,99)(H,89,101)(H,90,100)(H,91,107)(H,92,106)(H,96,97)(H,109,110)(H4,75,76,79)(H4,77,78,80)/t38-,44+,45+,46+,47+,48+,49+,50+,51+,52+,53+,56+,57+/m1/s1. The molecule has 12 amide bonds. The van der Waals surface area contributed by atoms with Gasteiger partial charge in [-0.2, -0.15) is 12.6 Å². The van der Waals surface area contributed by atoms with E-state index in [0.717, 1.165) is 0 Å². The predicted octanol–water partition coefficient (Wildman–Crippen LogP) is -4.56. The SMILES string of the molecule is CC(C)C[C@H](NC(=O)[C@H](Cc1ccc(O)cc1)NC(=O)[C@H](CCCN=C(N)N)NC(=O)[C@H](CCCN=C(N)N)NC(=O)[C@H](CC(C)C)NC(=O)[C@H](Cc1c[nH]c2ccccc12)NC(=O)[C@H](CCC(=O)O)NC(=O)[C@@H](NC(=O)[C@H](CS)NC(=O)[C@@H](N)[C@@H](C)O)C(C)C)C(=O)N[C@@H](CCCCN)C(=O)N[C@@H](CC(N)=O)C(=O)O. The molecule has 0 aliphatic carbocycles. The largest absolute Gasteiger partial charge is 0.508 e. The number of carbonyl (C=O) groups excluding carboxylic acids is 12. The number of hydrogen-bond donors (Lipinski definition) is 24. The van der Waals surface area contributed by atoms with Crippen molar-refractivity contribution in [1.29, 1.82) is 0 Å². The van der Waals surface area contributed by atoms with Crippen LogP contribution in [-0.4, -0.2) is 224 Å². The summed E-state index contributed by atoms with van der Waals surface area (Å²) in [7, 11) is 0. The lowest BCUT2D eigenvalue weighted by Gasteiger charge is -2.29. The summed E-state index contributed by atoms with van der Waals surface area (Å²) in [5.74, 6) is -17.1. The number of carbonyl (C=O) groups is 14. The molecule has 3 rings (SSSR count). The smallest absolute Gasteiger partial charge is 0.326 e. The van der Waals surface area contributed by atoms with Crippen LogP contribution in [0.1, 0.15) is 137 Å². The number of nitrogens with one attached hydrogen (secondary N) is 12. The van der Waals surface area contributed by atoms with Gasteiger partial charge in [-0.25, -0.2) is 4.79 Å². The highest BCUT2D eigenvalue weighted by Gasteiger charge is 2.39. The van der Waals surface area contributed by atoms with E-state index in [1.54, 1.807) is 72.0 Å². The van der Waals surface area contributed by atoms with Gasteiger partial charge in [-0.3, -0.25) is 72.3 Å². The number of aromatic hydroxyl groups is 1. The molecule has 1 aromatic heterocycles. The number of amides is 12. The number of para-hydroxylation sites is 1. The van der Waals surface area contributed by atoms with Crippen molar-refractivity contribution in [2.75, 3.05) is 25.4 Å². The molecule has 0 fully saturated rings. The average molecular weight is 1580 g/mol. The second-order valence-electron chi connectivity index (χ2n) is 28.1. The van der Waals surface area contributed by atoms with Crippen LogP contribution >= 0.6 is 12.6 Å². The molecule has 39 nitrogen and oxygen atoms in total. The van der Waals surface area contributed by atoms with E-state index < -0.39 is 187 Å². The second-order valence-corrected chi connectivity index (χ2v) is 28.5. The topological polar surface area (TPSA) is 675 Å². The first-order valence-electron chi connectivity index (χ1n) is 36.5. The molecule has 0 aliphatic heterocycles. The molecule has 2 aromatic carbocycles. The Bertz CT molecular complexity index is 3700. The first-order chi connectivity index (χ1) is 52.2. The van der Waals surface area contributed by atoms with E-state index in [0.29, 0.717) is 28.5 Å². The van der Waals surface area contributed by atoms with Gasteiger partial charge in [0.15, 0.2) is 11.9 Å². The van der Waals surface area contributed by atoms with E-state index in [1.165, 1.54) is 31.2 Å². The molecule has 0 spiro atoms. The fourth-order valence-corrected chi connectivity index (χ4v) is 11.6. The Morgan fingerprint density at radius 3 is 1.32 bits per heavy atom. The van der Waals surface area contributed by atoms with E-state index in [4.69, 9.17) is 40.1 Å². The number of aliphatic hydroxyl groups excluding tert-OH is 1. The lowest BCUT2D eigenvalue weighted by molar-refractivity contribution is -0.144. The van der Waals surface area contributed by atoms with Crippen LogP contribution in [0.2, 0.25) is 0 Å². The molecule has 0 radical (unpaired) electrons. The normalized spacial score (nSPS) is 14.8. The van der Waals surface area contributed by atoms with Crippen molar-refractivity contribution in [2.24, 2.45) is 67.9 Å². The number of unbranched alkanes of at least 4 members (excludes halogenated alkanes) is 1. The van der Waals surface area contributed by atoms with Crippen LogP contribution in [-0.2, 0) is 80.0 Å². The molecule has 0 unspecified atom stereocenters. The van der Waals surface area contributed by atoms with E-state index >= 15 is 14.4 Å². The molecular formula is C71H113N21O18S. The lowest BCUT2D eigenvalue weighted by Crippen LogP contribution is -2.61. The van der Waals surface area contributed by atoms with E-state index in [2.05, 4.69) is 86.1 Å². The maximum atomic E-state index is 15.1. The van der Waals surface area contributed by atoms with Crippen molar-refractivity contribution in [2.45, 2.75) is 217 Å². The maximum absolute atomic E-state index is 15.1. The fourth-order valence-electron chi connectivity index (χ4n) is 11.4. The third-order valence-electron chi connectivity index (χ3n) is 17.3. The summed E-state index contributed by atoms with van der Waals surface area (Å²) in [6.45, 7) is 11.3. The number of phenols is 1. The molecular weight excluding hydrogens is 1470 g/mol. The first kappa shape index (κ1) is 94.3. The van der Waals surface area contributed by atoms with Crippen LogP contribution in [0.3, 0.4) is 0 Å². The number of aromatic nitrogens is 1. The number of carboxylic acid groups (broad SMARTS) is 2. The van der Waals surface area contributed by atoms with Gasteiger partial charge in [0.05, 0.1) is 12.5 Å². The number of phenolic OH excluding ortho intramolecular Hbond substituents is 1.